The second kappa shape index (κ2) is 8.56. The molecule has 2 aromatic heterocycles. The van der Waals surface area contributed by atoms with E-state index in [1.54, 1.807) is 12.1 Å². The zero-order valence-corrected chi connectivity index (χ0v) is 18.5. The van der Waals surface area contributed by atoms with E-state index in [0.717, 1.165) is 34.3 Å². The first-order chi connectivity index (χ1) is 13.7. The number of carbonyl (C=O) groups is 1. The number of hydrogen-bond donors (Lipinski definition) is 2. The van der Waals surface area contributed by atoms with Crippen LogP contribution in [-0.4, -0.2) is 30.8 Å². The number of nitrogens with zero attached hydrogens (tertiary/aromatic N) is 2. The summed E-state index contributed by atoms with van der Waals surface area (Å²) in [6.07, 6.45) is 1.67. The largest absolute Gasteiger partial charge is 0.321 e. The number of hydrogen-bond acceptors (Lipinski definition) is 6. The predicted molar refractivity (Wildman–Crippen MR) is 116 cm³/mol. The number of carbonyl (C=O) groups excluding carboxylic acids is 1. The number of aromatic nitrogens is 2. The molecular weight excluding hydrogens is 408 g/mol. The normalized spacial score (nSPS) is 11.7. The second-order valence-corrected chi connectivity index (χ2v) is 9.59. The third-order valence-electron chi connectivity index (χ3n) is 4.51. The molecule has 0 aliphatic carbocycles. The summed E-state index contributed by atoms with van der Waals surface area (Å²) in [5.74, 6) is 0.368. The van der Waals surface area contributed by atoms with Crippen LogP contribution in [0.3, 0.4) is 0 Å². The van der Waals surface area contributed by atoms with Crippen LogP contribution < -0.4 is 10.0 Å². The lowest BCUT2D eigenvalue weighted by atomic mass is 10.1. The van der Waals surface area contributed by atoms with Crippen LogP contribution in [0.5, 0.6) is 0 Å². The number of amides is 1. The molecule has 7 nitrogen and oxygen atoms in total. The highest BCUT2D eigenvalue weighted by Crippen LogP contribution is 2.31. The number of unbranched alkanes of at least 4 members (excludes halogenated alkanes) is 1. The van der Waals surface area contributed by atoms with E-state index >= 15 is 0 Å². The third kappa shape index (κ3) is 4.63. The van der Waals surface area contributed by atoms with Crippen molar-refractivity contribution in [3.05, 3.63) is 46.2 Å². The average molecular weight is 433 g/mol. The van der Waals surface area contributed by atoms with Gasteiger partial charge in [-0.15, -0.1) is 11.3 Å². The van der Waals surface area contributed by atoms with Gasteiger partial charge in [0.15, 0.2) is 0 Å². The summed E-state index contributed by atoms with van der Waals surface area (Å²) in [5, 5.41) is 3.70. The molecule has 3 rings (SSSR count). The van der Waals surface area contributed by atoms with E-state index in [4.69, 9.17) is 0 Å². The van der Waals surface area contributed by atoms with Crippen molar-refractivity contribution in [1.82, 2.24) is 14.7 Å². The minimum absolute atomic E-state index is 0.122. The first-order valence-electron chi connectivity index (χ1n) is 9.38. The second-order valence-electron chi connectivity index (χ2n) is 6.83. The molecule has 0 aliphatic rings. The fraction of sp³-hybridized carbons (Fsp3) is 0.350. The van der Waals surface area contributed by atoms with Crippen LogP contribution in [0.2, 0.25) is 0 Å². The highest BCUT2D eigenvalue weighted by Gasteiger charge is 2.20. The molecule has 1 amide bonds. The topological polar surface area (TPSA) is 101 Å². The van der Waals surface area contributed by atoms with Crippen molar-refractivity contribution in [2.45, 2.75) is 45.4 Å². The van der Waals surface area contributed by atoms with Crippen molar-refractivity contribution in [2.24, 2.45) is 0 Å². The quantitative estimate of drug-likeness (QED) is 0.551. The molecule has 0 saturated carbocycles. The SMILES string of the molecule is CCCCNS(=O)(=O)c1cccc(NC(=O)c2sc3nc(C)nc(C)c3c2C)c1. The Kier molecular flexibility index (Phi) is 6.30. The maximum absolute atomic E-state index is 12.9. The van der Waals surface area contributed by atoms with Crippen molar-refractivity contribution >= 4 is 43.2 Å². The number of sulfonamides is 1. The molecule has 0 bridgehead atoms. The molecule has 154 valence electrons. The molecule has 29 heavy (non-hydrogen) atoms. The Morgan fingerprint density at radius 3 is 2.66 bits per heavy atom. The summed E-state index contributed by atoms with van der Waals surface area (Å²) in [6.45, 7) is 7.98. The number of anilines is 1. The Morgan fingerprint density at radius 2 is 1.93 bits per heavy atom. The highest BCUT2D eigenvalue weighted by molar-refractivity contribution is 7.89. The number of thiophene rings is 1. The minimum Gasteiger partial charge on any atom is -0.321 e. The van der Waals surface area contributed by atoms with E-state index in [-0.39, 0.29) is 10.8 Å². The number of rotatable bonds is 7. The van der Waals surface area contributed by atoms with Crippen LogP contribution in [0.4, 0.5) is 5.69 Å². The monoisotopic (exact) mass is 432 g/mol. The molecule has 0 aliphatic heterocycles. The van der Waals surface area contributed by atoms with Gasteiger partial charge in [0.1, 0.15) is 10.7 Å². The lowest BCUT2D eigenvalue weighted by Gasteiger charge is -2.09. The minimum atomic E-state index is -3.61. The smallest absolute Gasteiger partial charge is 0.266 e. The Bertz CT molecular complexity index is 1170. The summed E-state index contributed by atoms with van der Waals surface area (Å²) >= 11 is 1.31. The number of benzene rings is 1. The molecule has 0 radical (unpaired) electrons. The number of nitrogens with one attached hydrogen (secondary N) is 2. The van der Waals surface area contributed by atoms with Crippen molar-refractivity contribution in [3.63, 3.8) is 0 Å². The van der Waals surface area contributed by atoms with E-state index in [0.29, 0.717) is 22.9 Å². The Hall–Kier alpha value is -2.36. The van der Waals surface area contributed by atoms with Gasteiger partial charge in [0.05, 0.1) is 9.77 Å². The maximum atomic E-state index is 12.9. The standard InChI is InChI=1S/C20H24N4O3S2/c1-5-6-10-21-29(26,27)16-9-7-8-15(11-16)24-19(25)18-12(2)17-13(3)22-14(4)23-20(17)28-18/h7-9,11,21H,5-6,10H2,1-4H3,(H,24,25). The third-order valence-corrected chi connectivity index (χ3v) is 7.16. The van der Waals surface area contributed by atoms with Gasteiger partial charge in [-0.3, -0.25) is 4.79 Å². The zero-order chi connectivity index (χ0) is 21.2. The van der Waals surface area contributed by atoms with Crippen molar-refractivity contribution in [3.8, 4) is 0 Å². The molecule has 0 unspecified atom stereocenters. The number of aryl methyl sites for hydroxylation is 3. The zero-order valence-electron chi connectivity index (χ0n) is 16.9. The summed E-state index contributed by atoms with van der Waals surface area (Å²) in [4.78, 5) is 23.1. The van der Waals surface area contributed by atoms with Gasteiger partial charge < -0.3 is 5.32 Å². The first-order valence-corrected chi connectivity index (χ1v) is 11.7. The fourth-order valence-corrected chi connectivity index (χ4v) is 5.38. The summed E-state index contributed by atoms with van der Waals surface area (Å²) in [7, 11) is -3.61. The van der Waals surface area contributed by atoms with E-state index in [1.165, 1.54) is 23.5 Å². The van der Waals surface area contributed by atoms with Gasteiger partial charge in [-0.25, -0.2) is 23.1 Å². The van der Waals surface area contributed by atoms with Crippen LogP contribution in [0.25, 0.3) is 10.2 Å². The predicted octanol–water partition coefficient (Wildman–Crippen LogP) is 3.95. The van der Waals surface area contributed by atoms with Gasteiger partial charge in [-0.1, -0.05) is 19.4 Å². The molecule has 2 heterocycles. The molecule has 1 aromatic carbocycles. The summed E-state index contributed by atoms with van der Waals surface area (Å²) in [6, 6.07) is 6.25. The maximum Gasteiger partial charge on any atom is 0.266 e. The van der Waals surface area contributed by atoms with Gasteiger partial charge >= 0.3 is 0 Å². The van der Waals surface area contributed by atoms with Gasteiger partial charge in [0.25, 0.3) is 5.91 Å². The summed E-state index contributed by atoms with van der Waals surface area (Å²) < 4.78 is 27.4. The highest BCUT2D eigenvalue weighted by atomic mass is 32.2. The van der Waals surface area contributed by atoms with Crippen molar-refractivity contribution in [1.29, 1.82) is 0 Å². The van der Waals surface area contributed by atoms with Crippen LogP contribution >= 0.6 is 11.3 Å². The van der Waals surface area contributed by atoms with Crippen molar-refractivity contribution < 1.29 is 13.2 Å². The number of fused-ring (bicyclic) bond motifs is 1. The lowest BCUT2D eigenvalue weighted by molar-refractivity contribution is 0.103. The van der Waals surface area contributed by atoms with E-state index in [1.807, 2.05) is 27.7 Å². The first kappa shape index (κ1) is 21.4. The van der Waals surface area contributed by atoms with Gasteiger partial charge in [0, 0.05) is 23.3 Å². The van der Waals surface area contributed by atoms with E-state index in [9.17, 15) is 13.2 Å². The lowest BCUT2D eigenvalue weighted by Crippen LogP contribution is -2.24. The van der Waals surface area contributed by atoms with Crippen LogP contribution in [0.15, 0.2) is 29.2 Å². The molecule has 9 heteroatoms. The molecule has 2 N–H and O–H groups in total. The van der Waals surface area contributed by atoms with Gasteiger partial charge in [0.2, 0.25) is 10.0 Å². The molecule has 0 atom stereocenters. The Labute approximate surface area is 174 Å². The van der Waals surface area contributed by atoms with Crippen LogP contribution in [-0.2, 0) is 10.0 Å². The Balaban J connectivity index is 1.86. The van der Waals surface area contributed by atoms with E-state index in [2.05, 4.69) is 20.0 Å². The molecule has 3 aromatic rings. The van der Waals surface area contributed by atoms with Gasteiger partial charge in [-0.05, 0) is 51.0 Å². The van der Waals surface area contributed by atoms with Crippen molar-refractivity contribution in [2.75, 3.05) is 11.9 Å². The summed E-state index contributed by atoms with van der Waals surface area (Å²) in [5.41, 5.74) is 2.08. The molecular formula is C20H24N4O3S2. The Morgan fingerprint density at radius 1 is 1.17 bits per heavy atom. The molecule has 0 spiro atoms. The molecule has 0 fully saturated rings. The average Bonchev–Trinajstić information content (AvgIpc) is 2.98. The van der Waals surface area contributed by atoms with Crippen LogP contribution in [0, 0.1) is 20.8 Å². The fourth-order valence-electron chi connectivity index (χ4n) is 3.09. The van der Waals surface area contributed by atoms with Crippen LogP contribution in [0.1, 0.15) is 46.5 Å². The molecule has 0 saturated heterocycles. The van der Waals surface area contributed by atoms with E-state index < -0.39 is 10.0 Å². The van der Waals surface area contributed by atoms with Gasteiger partial charge in [-0.2, -0.15) is 0 Å².